The lowest BCUT2D eigenvalue weighted by Gasteiger charge is -2.02. The van der Waals surface area contributed by atoms with E-state index >= 15 is 0 Å². The molecule has 0 bridgehead atoms. The molecule has 1 aromatic carbocycles. The first kappa shape index (κ1) is 9.72. The monoisotopic (exact) mass is 173 g/mol. The molecule has 0 saturated carbocycles. The number of hydrogen-bond donors (Lipinski definition) is 0. The molecule has 13 heavy (non-hydrogen) atoms. The van der Waals surface area contributed by atoms with Gasteiger partial charge < -0.3 is 0 Å². The van der Waals surface area contributed by atoms with Crippen LogP contribution < -0.4 is 0 Å². The minimum Gasteiger partial charge on any atom is -0.261 e. The van der Waals surface area contributed by atoms with E-state index in [0.717, 1.165) is 5.71 Å². The van der Waals surface area contributed by atoms with Gasteiger partial charge in [-0.25, -0.2) is 0 Å². The molecule has 0 atom stereocenters. The summed E-state index contributed by atoms with van der Waals surface area (Å²) in [5.74, 6) is 0. The highest BCUT2D eigenvalue weighted by atomic mass is 14.7. The molecule has 1 nitrogen and oxygen atoms in total. The van der Waals surface area contributed by atoms with Crippen LogP contribution in [0.15, 0.2) is 41.5 Å². The maximum atomic E-state index is 4.31. The van der Waals surface area contributed by atoms with Gasteiger partial charge in [-0.1, -0.05) is 30.3 Å². The van der Waals surface area contributed by atoms with E-state index in [4.69, 9.17) is 0 Å². The molecular formula is C12H15N. The van der Waals surface area contributed by atoms with Crippen molar-refractivity contribution >= 4 is 5.71 Å². The molecule has 0 N–H and O–H groups in total. The molecule has 0 amide bonds. The SMILES string of the molecule is CC=CN=C(C)c1ccccc1C. The summed E-state index contributed by atoms with van der Waals surface area (Å²) in [5, 5.41) is 0. The lowest BCUT2D eigenvalue weighted by molar-refractivity contribution is 1.40. The van der Waals surface area contributed by atoms with Crippen LogP contribution in [0.1, 0.15) is 25.0 Å². The average Bonchev–Trinajstić information content (AvgIpc) is 2.15. The van der Waals surface area contributed by atoms with E-state index in [-0.39, 0.29) is 0 Å². The number of aryl methyl sites for hydroxylation is 1. The molecule has 0 aliphatic heterocycles. The van der Waals surface area contributed by atoms with Crippen LogP contribution >= 0.6 is 0 Å². The van der Waals surface area contributed by atoms with Crippen LogP contribution in [-0.4, -0.2) is 5.71 Å². The Hall–Kier alpha value is -1.37. The molecule has 1 rings (SSSR count). The van der Waals surface area contributed by atoms with Crippen LogP contribution in [0.4, 0.5) is 0 Å². The standard InChI is InChI=1S/C12H15N/c1-4-9-13-11(3)12-8-6-5-7-10(12)2/h4-9H,1-3H3. The van der Waals surface area contributed by atoms with Crippen molar-refractivity contribution in [2.24, 2.45) is 4.99 Å². The third-order valence-corrected chi connectivity index (χ3v) is 1.95. The Morgan fingerprint density at radius 3 is 2.62 bits per heavy atom. The lowest BCUT2D eigenvalue weighted by atomic mass is 10.1. The molecule has 0 fully saturated rings. The second-order valence-corrected chi connectivity index (χ2v) is 3.01. The van der Waals surface area contributed by atoms with Gasteiger partial charge in [-0.15, -0.1) is 0 Å². The van der Waals surface area contributed by atoms with Gasteiger partial charge in [0.2, 0.25) is 0 Å². The van der Waals surface area contributed by atoms with Crippen molar-refractivity contribution in [2.75, 3.05) is 0 Å². The lowest BCUT2D eigenvalue weighted by Crippen LogP contribution is -1.96. The third kappa shape index (κ3) is 2.55. The summed E-state index contributed by atoms with van der Waals surface area (Å²) in [4.78, 5) is 4.31. The van der Waals surface area contributed by atoms with Crippen LogP contribution in [0, 0.1) is 6.92 Å². The quantitative estimate of drug-likeness (QED) is 0.608. The molecule has 68 valence electrons. The summed E-state index contributed by atoms with van der Waals surface area (Å²) in [6, 6.07) is 8.28. The Morgan fingerprint density at radius 2 is 2.00 bits per heavy atom. The number of rotatable bonds is 2. The van der Waals surface area contributed by atoms with Crippen LogP contribution in [0.3, 0.4) is 0 Å². The largest absolute Gasteiger partial charge is 0.261 e. The Bertz CT molecular complexity index is 335. The third-order valence-electron chi connectivity index (χ3n) is 1.95. The molecule has 0 unspecified atom stereocenters. The highest BCUT2D eigenvalue weighted by Crippen LogP contribution is 2.08. The molecule has 0 saturated heterocycles. The smallest absolute Gasteiger partial charge is 0.0447 e. The topological polar surface area (TPSA) is 12.4 Å². The fourth-order valence-corrected chi connectivity index (χ4v) is 1.23. The Kier molecular flexibility index (Phi) is 3.44. The molecular weight excluding hydrogens is 158 g/mol. The first-order valence-corrected chi connectivity index (χ1v) is 4.47. The van der Waals surface area contributed by atoms with Crippen molar-refractivity contribution in [2.45, 2.75) is 20.8 Å². The van der Waals surface area contributed by atoms with E-state index < -0.39 is 0 Å². The number of allylic oxidation sites excluding steroid dienone is 1. The van der Waals surface area contributed by atoms with Crippen LogP contribution in [0.5, 0.6) is 0 Å². The van der Waals surface area contributed by atoms with Crippen molar-refractivity contribution < 1.29 is 0 Å². The van der Waals surface area contributed by atoms with E-state index in [1.165, 1.54) is 11.1 Å². The Labute approximate surface area is 79.8 Å². The predicted octanol–water partition coefficient (Wildman–Crippen LogP) is 3.34. The first-order valence-electron chi connectivity index (χ1n) is 4.47. The van der Waals surface area contributed by atoms with E-state index in [2.05, 4.69) is 24.0 Å². The highest BCUT2D eigenvalue weighted by Gasteiger charge is 1.98. The van der Waals surface area contributed by atoms with Gasteiger partial charge in [0.1, 0.15) is 0 Å². The Morgan fingerprint density at radius 1 is 1.31 bits per heavy atom. The number of benzene rings is 1. The summed E-state index contributed by atoms with van der Waals surface area (Å²) in [6.45, 7) is 6.10. The summed E-state index contributed by atoms with van der Waals surface area (Å²) in [5.41, 5.74) is 3.56. The van der Waals surface area contributed by atoms with Crippen molar-refractivity contribution in [1.29, 1.82) is 0 Å². The van der Waals surface area contributed by atoms with Gasteiger partial charge in [0.05, 0.1) is 0 Å². The fourth-order valence-electron chi connectivity index (χ4n) is 1.23. The van der Waals surface area contributed by atoms with Gasteiger partial charge in [-0.05, 0) is 31.9 Å². The molecule has 1 heteroatoms. The van der Waals surface area contributed by atoms with E-state index in [1.807, 2.05) is 38.3 Å². The zero-order valence-electron chi connectivity index (χ0n) is 8.41. The maximum absolute atomic E-state index is 4.31. The maximum Gasteiger partial charge on any atom is 0.0447 e. The average molecular weight is 173 g/mol. The Balaban J connectivity index is 3.01. The predicted molar refractivity (Wildman–Crippen MR) is 58.2 cm³/mol. The molecule has 0 heterocycles. The summed E-state index contributed by atoms with van der Waals surface area (Å²) in [7, 11) is 0. The van der Waals surface area contributed by atoms with E-state index in [0.29, 0.717) is 0 Å². The minimum atomic E-state index is 1.07. The molecule has 0 aromatic heterocycles. The number of aliphatic imine (C=N–C) groups is 1. The molecule has 1 aromatic rings. The van der Waals surface area contributed by atoms with Gasteiger partial charge in [-0.3, -0.25) is 4.99 Å². The van der Waals surface area contributed by atoms with Crippen molar-refractivity contribution in [3.8, 4) is 0 Å². The van der Waals surface area contributed by atoms with Crippen LogP contribution in [-0.2, 0) is 0 Å². The second-order valence-electron chi connectivity index (χ2n) is 3.01. The highest BCUT2D eigenvalue weighted by molar-refractivity contribution is 6.00. The van der Waals surface area contributed by atoms with Crippen molar-refractivity contribution in [3.05, 3.63) is 47.7 Å². The van der Waals surface area contributed by atoms with Crippen LogP contribution in [0.2, 0.25) is 0 Å². The molecule has 0 aliphatic carbocycles. The van der Waals surface area contributed by atoms with Crippen molar-refractivity contribution in [1.82, 2.24) is 0 Å². The van der Waals surface area contributed by atoms with Gasteiger partial charge in [0, 0.05) is 11.9 Å². The fraction of sp³-hybridized carbons (Fsp3) is 0.250. The number of hydrogen-bond acceptors (Lipinski definition) is 1. The van der Waals surface area contributed by atoms with E-state index in [9.17, 15) is 0 Å². The minimum absolute atomic E-state index is 1.07. The van der Waals surface area contributed by atoms with E-state index in [1.54, 1.807) is 0 Å². The van der Waals surface area contributed by atoms with Gasteiger partial charge in [0.15, 0.2) is 0 Å². The zero-order chi connectivity index (χ0) is 9.68. The normalized spacial score (nSPS) is 12.4. The molecule has 0 aliphatic rings. The van der Waals surface area contributed by atoms with Gasteiger partial charge >= 0.3 is 0 Å². The summed E-state index contributed by atoms with van der Waals surface area (Å²) in [6.07, 6.45) is 3.75. The first-order chi connectivity index (χ1) is 6.25. The zero-order valence-corrected chi connectivity index (χ0v) is 8.41. The van der Waals surface area contributed by atoms with Gasteiger partial charge in [-0.2, -0.15) is 0 Å². The summed E-state index contributed by atoms with van der Waals surface area (Å²) >= 11 is 0. The molecule has 0 radical (unpaired) electrons. The van der Waals surface area contributed by atoms with Crippen molar-refractivity contribution in [3.63, 3.8) is 0 Å². The second kappa shape index (κ2) is 4.61. The number of nitrogens with zero attached hydrogens (tertiary/aromatic N) is 1. The molecule has 0 spiro atoms. The van der Waals surface area contributed by atoms with Crippen LogP contribution in [0.25, 0.3) is 0 Å². The van der Waals surface area contributed by atoms with Gasteiger partial charge in [0.25, 0.3) is 0 Å². The summed E-state index contributed by atoms with van der Waals surface area (Å²) < 4.78 is 0.